The fourth-order valence-electron chi connectivity index (χ4n) is 1.18. The molecule has 100 valence electrons. The molecule has 0 radical (unpaired) electrons. The van der Waals surface area contributed by atoms with E-state index in [0.29, 0.717) is 18.0 Å². The molecular weight excluding hydrogens is 266 g/mol. The van der Waals surface area contributed by atoms with Crippen LogP contribution in [0.25, 0.3) is 0 Å². The summed E-state index contributed by atoms with van der Waals surface area (Å²) in [6.45, 7) is 0.404. The number of carboxylic acids is 1. The molecular formula is C12H13N3O3S. The third-order valence-electron chi connectivity index (χ3n) is 2.31. The minimum atomic E-state index is -1.03. The summed E-state index contributed by atoms with van der Waals surface area (Å²) in [5, 5.41) is 17.7. The minimum absolute atomic E-state index is 0.0932. The van der Waals surface area contributed by atoms with Crippen LogP contribution in [0.15, 0.2) is 23.4 Å². The van der Waals surface area contributed by atoms with E-state index in [0.717, 1.165) is 0 Å². The van der Waals surface area contributed by atoms with Crippen molar-refractivity contribution in [2.45, 2.75) is 11.4 Å². The summed E-state index contributed by atoms with van der Waals surface area (Å²) in [7, 11) is 1.64. The van der Waals surface area contributed by atoms with Crippen molar-refractivity contribution < 1.29 is 14.7 Å². The predicted octanol–water partition coefficient (Wildman–Crippen LogP) is 1.24. The minimum Gasteiger partial charge on any atom is -0.478 e. The highest BCUT2D eigenvalue weighted by Crippen LogP contribution is 2.15. The zero-order valence-electron chi connectivity index (χ0n) is 10.4. The maximum atomic E-state index is 11.7. The number of carbonyl (C=O) groups excluding carboxylic acids is 1. The van der Waals surface area contributed by atoms with Crippen LogP contribution in [-0.4, -0.2) is 46.2 Å². The van der Waals surface area contributed by atoms with Crippen molar-refractivity contribution >= 4 is 23.6 Å². The smallest absolute Gasteiger partial charge is 0.337 e. The Balaban J connectivity index is 2.46. The lowest BCUT2D eigenvalue weighted by atomic mass is 10.3. The van der Waals surface area contributed by atoms with E-state index >= 15 is 0 Å². The van der Waals surface area contributed by atoms with Crippen molar-refractivity contribution in [1.82, 2.24) is 9.88 Å². The first-order valence-corrected chi connectivity index (χ1v) is 6.46. The lowest BCUT2D eigenvalue weighted by molar-refractivity contribution is -0.127. The highest BCUT2D eigenvalue weighted by Gasteiger charge is 2.10. The normalized spacial score (nSPS) is 9.68. The van der Waals surface area contributed by atoms with E-state index in [9.17, 15) is 9.59 Å². The molecule has 1 heterocycles. The first kappa shape index (κ1) is 15.0. The fraction of sp³-hybridized carbons (Fsp3) is 0.333. The molecule has 6 nitrogen and oxygen atoms in total. The molecule has 0 bridgehead atoms. The Morgan fingerprint density at radius 1 is 1.53 bits per heavy atom. The van der Waals surface area contributed by atoms with Crippen LogP contribution in [0.3, 0.4) is 0 Å². The summed E-state index contributed by atoms with van der Waals surface area (Å²) in [4.78, 5) is 27.7. The van der Waals surface area contributed by atoms with Crippen molar-refractivity contribution in [3.05, 3.63) is 23.9 Å². The van der Waals surface area contributed by atoms with Gasteiger partial charge in [-0.3, -0.25) is 4.79 Å². The third kappa shape index (κ3) is 4.97. The van der Waals surface area contributed by atoms with Gasteiger partial charge in [0.15, 0.2) is 0 Å². The van der Waals surface area contributed by atoms with Crippen LogP contribution in [0.1, 0.15) is 16.8 Å². The van der Waals surface area contributed by atoms with E-state index in [4.69, 9.17) is 10.4 Å². The molecule has 0 fully saturated rings. The molecule has 0 atom stereocenters. The second-order valence-electron chi connectivity index (χ2n) is 3.70. The van der Waals surface area contributed by atoms with Crippen molar-refractivity contribution in [2.75, 3.05) is 19.3 Å². The molecule has 19 heavy (non-hydrogen) atoms. The van der Waals surface area contributed by atoms with E-state index in [1.54, 1.807) is 13.1 Å². The van der Waals surface area contributed by atoms with E-state index in [1.165, 1.54) is 28.9 Å². The Bertz CT molecular complexity index is 496. The summed E-state index contributed by atoms with van der Waals surface area (Å²) in [5.41, 5.74) is 0.113. The SMILES string of the molecule is CN(CCC#N)C(=O)CSc1ccc(C(=O)O)cn1. The first-order chi connectivity index (χ1) is 9.04. The maximum Gasteiger partial charge on any atom is 0.337 e. The molecule has 0 aliphatic rings. The first-order valence-electron chi connectivity index (χ1n) is 5.47. The van der Waals surface area contributed by atoms with Gasteiger partial charge in [-0.15, -0.1) is 0 Å². The monoisotopic (exact) mass is 279 g/mol. The Morgan fingerprint density at radius 3 is 2.79 bits per heavy atom. The van der Waals surface area contributed by atoms with Crippen molar-refractivity contribution in [3.8, 4) is 6.07 Å². The van der Waals surface area contributed by atoms with Gasteiger partial charge >= 0.3 is 5.97 Å². The van der Waals surface area contributed by atoms with Gasteiger partial charge in [0.2, 0.25) is 5.91 Å². The van der Waals surface area contributed by atoms with Crippen LogP contribution in [0.4, 0.5) is 0 Å². The number of aromatic nitrogens is 1. The second-order valence-corrected chi connectivity index (χ2v) is 4.70. The number of nitriles is 1. The predicted molar refractivity (Wildman–Crippen MR) is 69.8 cm³/mol. The van der Waals surface area contributed by atoms with Gasteiger partial charge in [0.25, 0.3) is 0 Å². The Kier molecular flexibility index (Phi) is 5.82. The summed E-state index contributed by atoms with van der Waals surface area (Å²) >= 11 is 1.23. The van der Waals surface area contributed by atoms with Gasteiger partial charge in [0.1, 0.15) is 0 Å². The molecule has 1 aromatic rings. The van der Waals surface area contributed by atoms with Crippen molar-refractivity contribution in [1.29, 1.82) is 5.26 Å². The summed E-state index contributed by atoms with van der Waals surface area (Å²) in [6, 6.07) is 4.99. The molecule has 1 amide bonds. The summed E-state index contributed by atoms with van der Waals surface area (Å²) in [6.07, 6.45) is 1.56. The Hall–Kier alpha value is -2.07. The highest BCUT2D eigenvalue weighted by molar-refractivity contribution is 7.99. The van der Waals surface area contributed by atoms with Crippen LogP contribution >= 0.6 is 11.8 Å². The van der Waals surface area contributed by atoms with Gasteiger partial charge in [0, 0.05) is 19.8 Å². The number of aromatic carboxylic acids is 1. The topological polar surface area (TPSA) is 94.3 Å². The number of carbonyl (C=O) groups is 2. The number of thioether (sulfide) groups is 1. The molecule has 1 rings (SSSR count). The number of hydrogen-bond acceptors (Lipinski definition) is 5. The van der Waals surface area contributed by atoms with Gasteiger partial charge < -0.3 is 10.0 Å². The molecule has 0 spiro atoms. The second kappa shape index (κ2) is 7.38. The molecule has 0 unspecified atom stereocenters. The lowest BCUT2D eigenvalue weighted by Crippen LogP contribution is -2.29. The molecule has 1 N–H and O–H groups in total. The average molecular weight is 279 g/mol. The largest absolute Gasteiger partial charge is 0.478 e. The molecule has 0 aromatic carbocycles. The molecule has 1 aromatic heterocycles. The number of rotatable bonds is 6. The quantitative estimate of drug-likeness (QED) is 0.787. The maximum absolute atomic E-state index is 11.7. The van der Waals surface area contributed by atoms with Gasteiger partial charge in [-0.2, -0.15) is 5.26 Å². The molecule has 0 saturated heterocycles. The number of pyridine rings is 1. The van der Waals surface area contributed by atoms with Gasteiger partial charge in [-0.05, 0) is 12.1 Å². The van der Waals surface area contributed by atoms with Crippen molar-refractivity contribution in [2.24, 2.45) is 0 Å². The van der Waals surface area contributed by atoms with E-state index < -0.39 is 5.97 Å². The van der Waals surface area contributed by atoms with E-state index in [-0.39, 0.29) is 17.2 Å². The number of hydrogen-bond donors (Lipinski definition) is 1. The van der Waals surface area contributed by atoms with Gasteiger partial charge in [0.05, 0.1) is 28.8 Å². The van der Waals surface area contributed by atoms with Crippen LogP contribution in [0.5, 0.6) is 0 Å². The van der Waals surface area contributed by atoms with E-state index in [1.807, 2.05) is 6.07 Å². The average Bonchev–Trinajstić information content (AvgIpc) is 2.42. The molecule has 7 heteroatoms. The van der Waals surface area contributed by atoms with Crippen LogP contribution in [-0.2, 0) is 4.79 Å². The zero-order valence-corrected chi connectivity index (χ0v) is 11.2. The van der Waals surface area contributed by atoms with Gasteiger partial charge in [-0.25, -0.2) is 9.78 Å². The number of nitrogens with zero attached hydrogens (tertiary/aromatic N) is 3. The van der Waals surface area contributed by atoms with Crippen molar-refractivity contribution in [3.63, 3.8) is 0 Å². The summed E-state index contributed by atoms with van der Waals surface area (Å²) in [5.74, 6) is -0.915. The van der Waals surface area contributed by atoms with Crippen LogP contribution in [0.2, 0.25) is 0 Å². The van der Waals surface area contributed by atoms with E-state index in [2.05, 4.69) is 4.98 Å². The van der Waals surface area contributed by atoms with Crippen LogP contribution in [0, 0.1) is 11.3 Å². The molecule has 0 saturated carbocycles. The van der Waals surface area contributed by atoms with Gasteiger partial charge in [-0.1, -0.05) is 11.8 Å². The Labute approximate surface area is 115 Å². The number of amides is 1. The fourth-order valence-corrected chi connectivity index (χ4v) is 1.96. The molecule has 0 aliphatic heterocycles. The summed E-state index contributed by atoms with van der Waals surface area (Å²) < 4.78 is 0. The number of carboxylic acid groups (broad SMARTS) is 1. The molecule has 0 aliphatic carbocycles. The zero-order chi connectivity index (χ0) is 14.3. The third-order valence-corrected chi connectivity index (χ3v) is 3.24. The highest BCUT2D eigenvalue weighted by atomic mass is 32.2. The van der Waals surface area contributed by atoms with Crippen LogP contribution < -0.4 is 0 Å². The standard InChI is InChI=1S/C12H13N3O3S/c1-15(6-2-5-13)11(16)8-19-10-4-3-9(7-14-10)12(17)18/h3-4,7H,2,6,8H2,1H3,(H,17,18). The Morgan fingerprint density at radius 2 is 2.26 bits per heavy atom. The lowest BCUT2D eigenvalue weighted by Gasteiger charge is -2.14.